The average Bonchev–Trinajstić information content (AvgIpc) is 2.59. The van der Waals surface area contributed by atoms with Crippen molar-refractivity contribution >= 4 is 23.2 Å². The van der Waals surface area contributed by atoms with Gasteiger partial charge in [0.05, 0.1) is 16.1 Å². The molecular formula is C13H16ClN3O4. The molecule has 2 heterocycles. The molecule has 1 unspecified atom stereocenters. The summed E-state index contributed by atoms with van der Waals surface area (Å²) in [6, 6.07) is 1.14. The van der Waals surface area contributed by atoms with E-state index in [1.165, 1.54) is 0 Å². The van der Waals surface area contributed by atoms with Crippen LogP contribution in [0.5, 0.6) is 0 Å². The quantitative estimate of drug-likeness (QED) is 0.512. The number of carbonyl (C=O) groups excluding carboxylic acids is 1. The lowest BCUT2D eigenvalue weighted by Gasteiger charge is -2.22. The standard InChI is InChI=1S/C13H16ClN3O4/c1-13(19)3-2-5-16(6-4-13)12(18)10-7-9(17(20)21)8-15-11(10)14/h7-8,19H,2-6H2,1H3. The molecule has 1 fully saturated rings. The van der Waals surface area contributed by atoms with Crippen molar-refractivity contribution in [2.24, 2.45) is 0 Å². The lowest BCUT2D eigenvalue weighted by atomic mass is 9.98. The van der Waals surface area contributed by atoms with Crippen molar-refractivity contribution in [1.29, 1.82) is 0 Å². The third kappa shape index (κ3) is 3.68. The number of nitrogens with zero attached hydrogens (tertiary/aromatic N) is 3. The number of rotatable bonds is 2. The van der Waals surface area contributed by atoms with Crippen LogP contribution in [0, 0.1) is 10.1 Å². The third-order valence-electron chi connectivity index (χ3n) is 3.62. The summed E-state index contributed by atoms with van der Waals surface area (Å²) in [5, 5.41) is 20.7. The molecule has 0 spiro atoms. The van der Waals surface area contributed by atoms with Gasteiger partial charge in [0, 0.05) is 19.2 Å². The molecule has 1 amide bonds. The molecule has 1 atom stereocenters. The van der Waals surface area contributed by atoms with Crippen molar-refractivity contribution in [3.05, 3.63) is 33.1 Å². The molecule has 114 valence electrons. The molecule has 0 aliphatic carbocycles. The summed E-state index contributed by atoms with van der Waals surface area (Å²) in [6.07, 6.45) is 2.75. The Hall–Kier alpha value is -1.73. The molecule has 8 heteroatoms. The van der Waals surface area contributed by atoms with E-state index in [1.54, 1.807) is 11.8 Å². The molecule has 1 aliphatic rings. The van der Waals surface area contributed by atoms with Crippen molar-refractivity contribution in [1.82, 2.24) is 9.88 Å². The Bertz CT molecular complexity index is 577. The van der Waals surface area contributed by atoms with E-state index < -0.39 is 16.4 Å². The Kier molecular flexibility index (Phi) is 4.43. The van der Waals surface area contributed by atoms with E-state index in [9.17, 15) is 20.0 Å². The predicted molar refractivity (Wildman–Crippen MR) is 76.3 cm³/mol. The van der Waals surface area contributed by atoms with Crippen LogP contribution in [0.3, 0.4) is 0 Å². The van der Waals surface area contributed by atoms with Crippen LogP contribution in [0.25, 0.3) is 0 Å². The number of amides is 1. The number of aliphatic hydroxyl groups is 1. The number of pyridine rings is 1. The molecule has 1 aromatic heterocycles. The second kappa shape index (κ2) is 5.95. The first-order chi connectivity index (χ1) is 9.80. The maximum absolute atomic E-state index is 12.5. The fraction of sp³-hybridized carbons (Fsp3) is 0.538. The van der Waals surface area contributed by atoms with Crippen LogP contribution in [0.4, 0.5) is 5.69 Å². The molecule has 7 nitrogen and oxygen atoms in total. The molecule has 0 aromatic carbocycles. The van der Waals surface area contributed by atoms with Gasteiger partial charge in [-0.25, -0.2) is 4.98 Å². The first kappa shape index (κ1) is 15.7. The molecule has 1 aromatic rings. The van der Waals surface area contributed by atoms with Crippen LogP contribution in [0.15, 0.2) is 12.3 Å². The third-order valence-corrected chi connectivity index (χ3v) is 3.92. The van der Waals surface area contributed by atoms with E-state index in [0.29, 0.717) is 32.4 Å². The highest BCUT2D eigenvalue weighted by molar-refractivity contribution is 6.32. The van der Waals surface area contributed by atoms with Crippen molar-refractivity contribution in [3.8, 4) is 0 Å². The molecule has 2 rings (SSSR count). The van der Waals surface area contributed by atoms with Gasteiger partial charge in [-0.2, -0.15) is 0 Å². The summed E-state index contributed by atoms with van der Waals surface area (Å²) in [4.78, 5) is 27.9. The van der Waals surface area contributed by atoms with Crippen molar-refractivity contribution in [2.45, 2.75) is 31.8 Å². The first-order valence-electron chi connectivity index (χ1n) is 6.62. The number of hydrogen-bond acceptors (Lipinski definition) is 5. The number of nitro groups is 1. The number of aromatic nitrogens is 1. The Balaban J connectivity index is 2.23. The van der Waals surface area contributed by atoms with E-state index in [2.05, 4.69) is 4.98 Å². The maximum Gasteiger partial charge on any atom is 0.288 e. The molecular weight excluding hydrogens is 298 g/mol. The maximum atomic E-state index is 12.5. The molecule has 1 N–H and O–H groups in total. The van der Waals surface area contributed by atoms with E-state index in [4.69, 9.17) is 11.6 Å². The van der Waals surface area contributed by atoms with Gasteiger partial charge in [-0.1, -0.05) is 11.6 Å². The monoisotopic (exact) mass is 313 g/mol. The predicted octanol–water partition coefficient (Wildman–Crippen LogP) is 2.02. The van der Waals surface area contributed by atoms with Crippen LogP contribution in [-0.4, -0.2) is 44.5 Å². The summed E-state index contributed by atoms with van der Waals surface area (Å²) >= 11 is 5.88. The summed E-state index contributed by atoms with van der Waals surface area (Å²) < 4.78 is 0. The van der Waals surface area contributed by atoms with E-state index in [1.807, 2.05) is 0 Å². The van der Waals surface area contributed by atoms with Gasteiger partial charge in [0.15, 0.2) is 0 Å². The molecule has 0 radical (unpaired) electrons. The van der Waals surface area contributed by atoms with Gasteiger partial charge >= 0.3 is 0 Å². The van der Waals surface area contributed by atoms with Crippen molar-refractivity contribution in [2.75, 3.05) is 13.1 Å². The van der Waals surface area contributed by atoms with Crippen LogP contribution in [0.1, 0.15) is 36.5 Å². The van der Waals surface area contributed by atoms with E-state index >= 15 is 0 Å². The Morgan fingerprint density at radius 3 is 2.90 bits per heavy atom. The van der Waals surface area contributed by atoms with Crippen LogP contribution in [0.2, 0.25) is 5.15 Å². The Labute approximate surface area is 126 Å². The molecule has 21 heavy (non-hydrogen) atoms. The summed E-state index contributed by atoms with van der Waals surface area (Å²) in [7, 11) is 0. The minimum absolute atomic E-state index is 0.0207. The highest BCUT2D eigenvalue weighted by atomic mass is 35.5. The number of halogens is 1. The lowest BCUT2D eigenvalue weighted by molar-refractivity contribution is -0.385. The molecule has 0 saturated carbocycles. The van der Waals surface area contributed by atoms with E-state index in [-0.39, 0.29) is 16.4 Å². The molecule has 0 bridgehead atoms. The number of hydrogen-bond donors (Lipinski definition) is 1. The van der Waals surface area contributed by atoms with Gasteiger partial charge in [0.2, 0.25) is 0 Å². The average molecular weight is 314 g/mol. The topological polar surface area (TPSA) is 96.6 Å². The minimum Gasteiger partial charge on any atom is -0.390 e. The van der Waals surface area contributed by atoms with Gasteiger partial charge in [0.25, 0.3) is 11.6 Å². The van der Waals surface area contributed by atoms with E-state index in [0.717, 1.165) is 12.3 Å². The zero-order valence-electron chi connectivity index (χ0n) is 11.6. The largest absolute Gasteiger partial charge is 0.390 e. The number of carbonyl (C=O) groups is 1. The second-order valence-corrected chi connectivity index (χ2v) is 5.79. The highest BCUT2D eigenvalue weighted by Crippen LogP contribution is 2.25. The zero-order chi connectivity index (χ0) is 15.6. The smallest absolute Gasteiger partial charge is 0.288 e. The number of likely N-dealkylation sites (tertiary alicyclic amines) is 1. The normalized spacial score (nSPS) is 22.7. The first-order valence-corrected chi connectivity index (χ1v) is 6.99. The van der Waals surface area contributed by atoms with Crippen LogP contribution in [-0.2, 0) is 0 Å². The summed E-state index contributed by atoms with van der Waals surface area (Å²) in [6.45, 7) is 2.60. The molecule has 1 saturated heterocycles. The summed E-state index contributed by atoms with van der Waals surface area (Å²) in [5.74, 6) is -0.395. The fourth-order valence-corrected chi connectivity index (χ4v) is 2.51. The van der Waals surface area contributed by atoms with Gasteiger partial charge in [-0.05, 0) is 26.2 Å². The van der Waals surface area contributed by atoms with Gasteiger partial charge in [-0.15, -0.1) is 0 Å². The Morgan fingerprint density at radius 1 is 1.52 bits per heavy atom. The Morgan fingerprint density at radius 2 is 2.24 bits per heavy atom. The van der Waals surface area contributed by atoms with Gasteiger partial charge < -0.3 is 10.0 Å². The zero-order valence-corrected chi connectivity index (χ0v) is 12.3. The van der Waals surface area contributed by atoms with Gasteiger partial charge in [0.1, 0.15) is 11.3 Å². The SMILES string of the molecule is CC1(O)CCCN(C(=O)c2cc([N+](=O)[O-])cnc2Cl)CC1. The fourth-order valence-electron chi connectivity index (χ4n) is 2.32. The molecule has 1 aliphatic heterocycles. The summed E-state index contributed by atoms with van der Waals surface area (Å²) in [5.41, 5.74) is -1.04. The second-order valence-electron chi connectivity index (χ2n) is 5.43. The van der Waals surface area contributed by atoms with Crippen molar-refractivity contribution in [3.63, 3.8) is 0 Å². The lowest BCUT2D eigenvalue weighted by Crippen LogP contribution is -2.33. The van der Waals surface area contributed by atoms with Crippen LogP contribution < -0.4 is 0 Å². The van der Waals surface area contributed by atoms with Crippen molar-refractivity contribution < 1.29 is 14.8 Å². The van der Waals surface area contributed by atoms with Crippen LogP contribution >= 0.6 is 11.6 Å². The minimum atomic E-state index is -0.792. The highest BCUT2D eigenvalue weighted by Gasteiger charge is 2.29. The van der Waals surface area contributed by atoms with Gasteiger partial charge in [-0.3, -0.25) is 14.9 Å².